The number of para-hydroxylation sites is 1. The fourth-order valence-corrected chi connectivity index (χ4v) is 2.80. The zero-order chi connectivity index (χ0) is 13.2. The molecular weight excluding hydrogens is 244 g/mol. The van der Waals surface area contributed by atoms with Crippen LogP contribution >= 0.6 is 11.9 Å². The number of anilines is 1. The van der Waals surface area contributed by atoms with E-state index in [0.717, 1.165) is 12.1 Å². The molecule has 0 bridgehead atoms. The van der Waals surface area contributed by atoms with E-state index in [4.69, 9.17) is 4.84 Å². The van der Waals surface area contributed by atoms with E-state index < -0.39 is 0 Å². The number of benzene rings is 1. The molecule has 1 aromatic rings. The van der Waals surface area contributed by atoms with E-state index in [2.05, 4.69) is 37.6 Å². The van der Waals surface area contributed by atoms with Crippen LogP contribution in [0.4, 0.5) is 5.69 Å². The van der Waals surface area contributed by atoms with Crippen molar-refractivity contribution in [2.24, 2.45) is 5.41 Å². The maximum absolute atomic E-state index is 5.90. The van der Waals surface area contributed by atoms with Gasteiger partial charge in [-0.25, -0.2) is 0 Å². The predicted molar refractivity (Wildman–Crippen MR) is 78.2 cm³/mol. The molecule has 1 saturated heterocycles. The largest absolute Gasteiger partial charge is 0.328 e. The number of hydrogen-bond acceptors (Lipinski definition) is 4. The minimum atomic E-state index is 0.191. The Morgan fingerprint density at radius 1 is 1.28 bits per heavy atom. The highest BCUT2D eigenvalue weighted by molar-refractivity contribution is 8.01. The first kappa shape index (κ1) is 13.7. The molecule has 1 aromatic carbocycles. The molecular formula is C14H22N2OS. The summed E-state index contributed by atoms with van der Waals surface area (Å²) in [6, 6.07) is 10.2. The molecule has 0 aromatic heterocycles. The van der Waals surface area contributed by atoms with E-state index in [-0.39, 0.29) is 11.5 Å². The summed E-state index contributed by atoms with van der Waals surface area (Å²) < 4.78 is 3.38. The third-order valence-electron chi connectivity index (χ3n) is 3.17. The van der Waals surface area contributed by atoms with Gasteiger partial charge < -0.3 is 4.72 Å². The van der Waals surface area contributed by atoms with Gasteiger partial charge in [0.2, 0.25) is 0 Å². The summed E-state index contributed by atoms with van der Waals surface area (Å²) in [6.07, 6.45) is 1.34. The molecule has 4 heteroatoms. The van der Waals surface area contributed by atoms with Gasteiger partial charge in [-0.2, -0.15) is 5.06 Å². The van der Waals surface area contributed by atoms with Crippen molar-refractivity contribution in [1.82, 2.24) is 5.06 Å². The van der Waals surface area contributed by atoms with Crippen molar-refractivity contribution in [3.05, 3.63) is 30.3 Å². The molecule has 2 rings (SSSR count). The number of nitrogens with zero attached hydrogens (tertiary/aromatic N) is 1. The summed E-state index contributed by atoms with van der Waals surface area (Å²) >= 11 is 1.72. The van der Waals surface area contributed by atoms with Crippen LogP contribution < -0.4 is 4.72 Å². The maximum Gasteiger partial charge on any atom is 0.102 e. The van der Waals surface area contributed by atoms with Crippen molar-refractivity contribution in [3.63, 3.8) is 0 Å². The van der Waals surface area contributed by atoms with Crippen LogP contribution in [0.2, 0.25) is 0 Å². The summed E-state index contributed by atoms with van der Waals surface area (Å²) in [7, 11) is 2.01. The normalized spacial score (nSPS) is 25.3. The van der Waals surface area contributed by atoms with Crippen molar-refractivity contribution in [2.75, 3.05) is 11.8 Å². The van der Waals surface area contributed by atoms with Crippen LogP contribution in [0.25, 0.3) is 0 Å². The fraction of sp³-hybridized carbons (Fsp3) is 0.571. The van der Waals surface area contributed by atoms with Gasteiger partial charge >= 0.3 is 0 Å². The first-order chi connectivity index (χ1) is 8.47. The number of nitrogens with one attached hydrogen (secondary N) is 1. The van der Waals surface area contributed by atoms with Crippen LogP contribution in [-0.2, 0) is 4.84 Å². The van der Waals surface area contributed by atoms with Crippen LogP contribution in [0.1, 0.15) is 27.2 Å². The summed E-state index contributed by atoms with van der Waals surface area (Å²) in [5.74, 6) is 0. The minimum Gasteiger partial charge on any atom is -0.328 e. The van der Waals surface area contributed by atoms with Crippen molar-refractivity contribution in [2.45, 2.75) is 38.7 Å². The zero-order valence-electron chi connectivity index (χ0n) is 11.5. The Balaban J connectivity index is 1.87. The van der Waals surface area contributed by atoms with E-state index in [9.17, 15) is 0 Å². The lowest BCUT2D eigenvalue weighted by atomic mass is 9.88. The van der Waals surface area contributed by atoms with E-state index in [0.29, 0.717) is 5.37 Å². The molecule has 1 N–H and O–H groups in total. The van der Waals surface area contributed by atoms with Crippen molar-refractivity contribution in [3.8, 4) is 0 Å². The topological polar surface area (TPSA) is 24.5 Å². The SMILES string of the molecule is CN1OC(C(C)(C)C)CC1SNc1ccccc1. The molecule has 0 aliphatic carbocycles. The molecule has 2 atom stereocenters. The van der Waals surface area contributed by atoms with Gasteiger partial charge in [0.05, 0.1) is 6.10 Å². The van der Waals surface area contributed by atoms with Gasteiger partial charge in [0.25, 0.3) is 0 Å². The molecule has 2 unspecified atom stereocenters. The van der Waals surface area contributed by atoms with Gasteiger partial charge in [-0.15, -0.1) is 0 Å². The van der Waals surface area contributed by atoms with Crippen molar-refractivity contribution >= 4 is 17.6 Å². The third kappa shape index (κ3) is 3.40. The number of hydroxylamine groups is 2. The first-order valence-electron chi connectivity index (χ1n) is 6.33. The van der Waals surface area contributed by atoms with Gasteiger partial charge in [0.1, 0.15) is 5.37 Å². The van der Waals surface area contributed by atoms with Gasteiger partial charge in [0.15, 0.2) is 0 Å². The molecule has 0 saturated carbocycles. The van der Waals surface area contributed by atoms with Gasteiger partial charge in [-0.05, 0) is 29.5 Å². The molecule has 1 heterocycles. The molecule has 0 spiro atoms. The molecule has 1 aliphatic heterocycles. The van der Waals surface area contributed by atoms with Crippen LogP contribution in [0.3, 0.4) is 0 Å². The Bertz CT molecular complexity index is 377. The summed E-state index contributed by atoms with van der Waals surface area (Å²) in [4.78, 5) is 5.90. The molecule has 18 heavy (non-hydrogen) atoms. The summed E-state index contributed by atoms with van der Waals surface area (Å²) in [6.45, 7) is 6.68. The zero-order valence-corrected chi connectivity index (χ0v) is 12.3. The molecule has 0 radical (unpaired) electrons. The maximum atomic E-state index is 5.90. The second-order valence-electron chi connectivity index (χ2n) is 5.78. The molecule has 1 fully saturated rings. The molecule has 100 valence electrons. The standard InChI is InChI=1S/C14H22N2OS/c1-14(2,3)12-10-13(16(4)17-12)18-15-11-8-6-5-7-9-11/h5-9,12-13,15H,10H2,1-4H3. The highest BCUT2D eigenvalue weighted by Gasteiger charge is 2.38. The van der Waals surface area contributed by atoms with E-state index in [1.165, 1.54) is 0 Å². The molecule has 0 amide bonds. The van der Waals surface area contributed by atoms with Gasteiger partial charge in [-0.1, -0.05) is 39.0 Å². The Hall–Kier alpha value is -0.710. The fourth-order valence-electron chi connectivity index (χ4n) is 1.92. The number of rotatable bonds is 3. The second kappa shape index (κ2) is 5.51. The lowest BCUT2D eigenvalue weighted by Gasteiger charge is -2.25. The highest BCUT2D eigenvalue weighted by Crippen LogP contribution is 2.37. The van der Waals surface area contributed by atoms with Gasteiger partial charge in [0, 0.05) is 19.2 Å². The van der Waals surface area contributed by atoms with Crippen LogP contribution in [0.5, 0.6) is 0 Å². The Labute approximate surface area is 114 Å². The van der Waals surface area contributed by atoms with E-state index >= 15 is 0 Å². The van der Waals surface area contributed by atoms with Crippen molar-refractivity contribution in [1.29, 1.82) is 0 Å². The monoisotopic (exact) mass is 266 g/mol. The molecule has 1 aliphatic rings. The van der Waals surface area contributed by atoms with Crippen LogP contribution in [0, 0.1) is 5.41 Å². The summed E-state index contributed by atoms with van der Waals surface area (Å²) in [5.41, 5.74) is 1.33. The average Bonchev–Trinajstić information content (AvgIpc) is 2.69. The quantitative estimate of drug-likeness (QED) is 0.842. The van der Waals surface area contributed by atoms with Gasteiger partial charge in [-0.3, -0.25) is 4.84 Å². The van der Waals surface area contributed by atoms with Crippen molar-refractivity contribution < 1.29 is 4.84 Å². The highest BCUT2D eigenvalue weighted by atomic mass is 32.2. The smallest absolute Gasteiger partial charge is 0.102 e. The summed E-state index contributed by atoms with van der Waals surface area (Å²) in [5, 5.41) is 2.32. The molecule has 3 nitrogen and oxygen atoms in total. The minimum absolute atomic E-state index is 0.191. The lowest BCUT2D eigenvalue weighted by Crippen LogP contribution is -2.27. The Kier molecular flexibility index (Phi) is 4.20. The number of hydrogen-bond donors (Lipinski definition) is 1. The van der Waals surface area contributed by atoms with Crippen LogP contribution in [0.15, 0.2) is 30.3 Å². The Morgan fingerprint density at radius 2 is 1.94 bits per heavy atom. The first-order valence-corrected chi connectivity index (χ1v) is 7.21. The van der Waals surface area contributed by atoms with E-state index in [1.807, 2.05) is 30.3 Å². The average molecular weight is 266 g/mol. The second-order valence-corrected chi connectivity index (χ2v) is 6.77. The third-order valence-corrected chi connectivity index (χ3v) is 4.28. The predicted octanol–water partition coefficient (Wildman–Crippen LogP) is 3.75. The van der Waals surface area contributed by atoms with Crippen LogP contribution in [-0.4, -0.2) is 23.6 Å². The van der Waals surface area contributed by atoms with E-state index in [1.54, 1.807) is 11.9 Å². The Morgan fingerprint density at radius 3 is 2.50 bits per heavy atom. The lowest BCUT2D eigenvalue weighted by molar-refractivity contribution is -0.158.